The Hall–Kier alpha value is -2.78. The van der Waals surface area contributed by atoms with E-state index in [2.05, 4.69) is 28.1 Å². The van der Waals surface area contributed by atoms with Crippen LogP contribution >= 0.6 is 11.5 Å². The van der Waals surface area contributed by atoms with Crippen LogP contribution in [-0.4, -0.2) is 61.9 Å². The normalized spacial score (nSPS) is 15.3. The minimum atomic E-state index is -0.537. The van der Waals surface area contributed by atoms with Gasteiger partial charge in [0.05, 0.1) is 12.1 Å². The van der Waals surface area contributed by atoms with E-state index in [0.29, 0.717) is 24.0 Å². The Kier molecular flexibility index (Phi) is 5.33. The van der Waals surface area contributed by atoms with Crippen molar-refractivity contribution < 1.29 is 4.79 Å². The molecule has 0 unspecified atom stereocenters. The highest BCUT2D eigenvalue weighted by Crippen LogP contribution is 2.20. The first-order chi connectivity index (χ1) is 14.0. The molecule has 3 aromatic rings. The minimum absolute atomic E-state index is 0.134. The average molecular weight is 414 g/mol. The fourth-order valence-corrected chi connectivity index (χ4v) is 4.39. The van der Waals surface area contributed by atoms with E-state index in [1.807, 2.05) is 30.3 Å². The molecule has 0 bridgehead atoms. The van der Waals surface area contributed by atoms with E-state index in [0.717, 1.165) is 34.8 Å². The number of piperazine rings is 1. The van der Waals surface area contributed by atoms with Crippen molar-refractivity contribution in [2.45, 2.75) is 26.4 Å². The van der Waals surface area contributed by atoms with Gasteiger partial charge in [0.15, 0.2) is 5.52 Å². The molecule has 9 heteroatoms. The van der Waals surface area contributed by atoms with Gasteiger partial charge in [-0.25, -0.2) is 4.79 Å². The van der Waals surface area contributed by atoms with Crippen LogP contribution < -0.4 is 11.2 Å². The quantitative estimate of drug-likeness (QED) is 0.697. The molecule has 1 aliphatic rings. The number of amides is 1. The zero-order chi connectivity index (χ0) is 20.5. The number of carbonyl (C=O) groups excluding carboxylic acids is 1. The number of rotatable bonds is 4. The molecule has 29 heavy (non-hydrogen) atoms. The van der Waals surface area contributed by atoms with E-state index in [-0.39, 0.29) is 23.5 Å². The topological polar surface area (TPSA) is 91.3 Å². The maximum absolute atomic E-state index is 13.0. The van der Waals surface area contributed by atoms with Gasteiger partial charge in [-0.05, 0) is 30.9 Å². The van der Waals surface area contributed by atoms with E-state index < -0.39 is 11.2 Å². The summed E-state index contributed by atoms with van der Waals surface area (Å²) in [6.45, 7) is 7.28. The summed E-state index contributed by atoms with van der Waals surface area (Å²) in [4.78, 5) is 45.5. The highest BCUT2D eigenvalue weighted by Gasteiger charge is 2.27. The lowest BCUT2D eigenvalue weighted by molar-refractivity contribution is 0.0601. The summed E-state index contributed by atoms with van der Waals surface area (Å²) in [6, 6.07) is 9.72. The molecular weight excluding hydrogens is 390 g/mol. The van der Waals surface area contributed by atoms with Crippen molar-refractivity contribution in [3.05, 3.63) is 61.6 Å². The van der Waals surface area contributed by atoms with Gasteiger partial charge in [-0.1, -0.05) is 30.3 Å². The van der Waals surface area contributed by atoms with Crippen LogP contribution in [0.4, 0.5) is 0 Å². The third-order valence-electron chi connectivity index (χ3n) is 5.33. The van der Waals surface area contributed by atoms with Gasteiger partial charge in [0, 0.05) is 32.2 Å². The Bertz CT molecular complexity index is 1140. The lowest BCUT2D eigenvalue weighted by atomic mass is 10.2. The number of aromatic nitrogens is 3. The predicted octanol–water partition coefficient (Wildman–Crippen LogP) is 1.36. The molecule has 0 radical (unpaired) electrons. The molecular formula is C20H23N5O3S. The smallest absolute Gasteiger partial charge is 0.329 e. The summed E-state index contributed by atoms with van der Waals surface area (Å²) in [5.41, 5.74) is 0.201. The van der Waals surface area contributed by atoms with Crippen molar-refractivity contribution in [2.24, 2.45) is 0 Å². The largest absolute Gasteiger partial charge is 0.335 e. The minimum Gasteiger partial charge on any atom is -0.335 e. The second-order valence-electron chi connectivity index (χ2n) is 7.46. The Morgan fingerprint density at radius 2 is 1.83 bits per heavy atom. The molecule has 2 aromatic heterocycles. The van der Waals surface area contributed by atoms with E-state index in [1.54, 1.807) is 4.90 Å². The molecule has 0 aliphatic carbocycles. The molecule has 1 N–H and O–H groups in total. The molecule has 4 rings (SSSR count). The number of H-pyrrole nitrogens is 1. The Balaban J connectivity index is 1.64. The van der Waals surface area contributed by atoms with E-state index in [1.165, 1.54) is 0 Å². The van der Waals surface area contributed by atoms with Crippen LogP contribution in [0, 0.1) is 0 Å². The highest BCUT2D eigenvalue weighted by molar-refractivity contribution is 7.09. The second-order valence-corrected chi connectivity index (χ2v) is 8.24. The number of nitrogens with zero attached hydrogens (tertiary/aromatic N) is 4. The number of carbonyl (C=O) groups is 1. The van der Waals surface area contributed by atoms with Crippen molar-refractivity contribution >= 4 is 28.5 Å². The third-order valence-corrected chi connectivity index (χ3v) is 6.16. The molecule has 0 saturated carbocycles. The summed E-state index contributed by atoms with van der Waals surface area (Å²) in [5.74, 6) is -0.184. The summed E-state index contributed by atoms with van der Waals surface area (Å²) in [5, 5.41) is 0. The van der Waals surface area contributed by atoms with E-state index >= 15 is 0 Å². The first-order valence-corrected chi connectivity index (χ1v) is 10.4. The van der Waals surface area contributed by atoms with Gasteiger partial charge >= 0.3 is 5.69 Å². The molecule has 8 nitrogen and oxygen atoms in total. The SMILES string of the molecule is CC(C)N1CCN(C(=O)c2snc3c(=O)n(Cc4ccccc4)c(=O)[nH]c23)CC1. The Morgan fingerprint density at radius 3 is 2.48 bits per heavy atom. The molecule has 1 aromatic carbocycles. The predicted molar refractivity (Wildman–Crippen MR) is 113 cm³/mol. The van der Waals surface area contributed by atoms with Gasteiger partial charge in [-0.3, -0.25) is 19.1 Å². The van der Waals surface area contributed by atoms with Crippen LogP contribution in [0.15, 0.2) is 39.9 Å². The highest BCUT2D eigenvalue weighted by atomic mass is 32.1. The van der Waals surface area contributed by atoms with Crippen molar-refractivity contribution in [1.82, 2.24) is 23.7 Å². The fraction of sp³-hybridized carbons (Fsp3) is 0.400. The van der Waals surface area contributed by atoms with Crippen molar-refractivity contribution in [2.75, 3.05) is 26.2 Å². The summed E-state index contributed by atoms with van der Waals surface area (Å²) in [7, 11) is 0. The molecule has 1 fully saturated rings. The lowest BCUT2D eigenvalue weighted by Gasteiger charge is -2.36. The van der Waals surface area contributed by atoms with Crippen molar-refractivity contribution in [3.63, 3.8) is 0 Å². The number of fused-ring (bicyclic) bond motifs is 1. The molecule has 152 valence electrons. The van der Waals surface area contributed by atoms with Crippen LogP contribution in [0.2, 0.25) is 0 Å². The number of nitrogens with one attached hydrogen (secondary N) is 1. The van der Waals surface area contributed by atoms with E-state index in [4.69, 9.17) is 0 Å². The Labute approximate surface area is 171 Å². The maximum atomic E-state index is 13.0. The van der Waals surface area contributed by atoms with Crippen molar-refractivity contribution in [3.8, 4) is 0 Å². The van der Waals surface area contributed by atoms with Gasteiger partial charge in [-0.2, -0.15) is 4.37 Å². The van der Waals surface area contributed by atoms with Gasteiger partial charge < -0.3 is 9.88 Å². The molecule has 1 amide bonds. The molecule has 1 aliphatic heterocycles. The number of hydrogen-bond donors (Lipinski definition) is 1. The van der Waals surface area contributed by atoms with Gasteiger partial charge in [0.1, 0.15) is 4.88 Å². The summed E-state index contributed by atoms with van der Waals surface area (Å²) in [6.07, 6.45) is 0. The first kappa shape index (κ1) is 19.5. The monoisotopic (exact) mass is 413 g/mol. The van der Waals surface area contributed by atoms with Crippen LogP contribution in [0.1, 0.15) is 29.1 Å². The second kappa shape index (κ2) is 7.92. The van der Waals surface area contributed by atoms with Crippen LogP contribution in [0.25, 0.3) is 11.0 Å². The van der Waals surface area contributed by atoms with Gasteiger partial charge in [0.2, 0.25) is 0 Å². The van der Waals surface area contributed by atoms with Crippen LogP contribution in [-0.2, 0) is 6.54 Å². The van der Waals surface area contributed by atoms with Gasteiger partial charge in [0.25, 0.3) is 11.5 Å². The fourth-order valence-electron chi connectivity index (χ4n) is 3.59. The molecule has 1 saturated heterocycles. The van der Waals surface area contributed by atoms with Gasteiger partial charge in [-0.15, -0.1) is 0 Å². The molecule has 0 atom stereocenters. The van der Waals surface area contributed by atoms with Crippen molar-refractivity contribution in [1.29, 1.82) is 0 Å². The Morgan fingerprint density at radius 1 is 1.14 bits per heavy atom. The zero-order valence-corrected chi connectivity index (χ0v) is 17.2. The third kappa shape index (κ3) is 3.75. The average Bonchev–Trinajstić information content (AvgIpc) is 3.15. The summed E-state index contributed by atoms with van der Waals surface area (Å²) < 4.78 is 5.32. The molecule has 3 heterocycles. The number of aromatic amines is 1. The zero-order valence-electron chi connectivity index (χ0n) is 16.4. The van der Waals surface area contributed by atoms with Crippen LogP contribution in [0.5, 0.6) is 0 Å². The summed E-state index contributed by atoms with van der Waals surface area (Å²) >= 11 is 0.971. The number of hydrogen-bond acceptors (Lipinski definition) is 6. The first-order valence-electron chi connectivity index (χ1n) is 9.65. The van der Waals surface area contributed by atoms with E-state index in [9.17, 15) is 14.4 Å². The maximum Gasteiger partial charge on any atom is 0.329 e. The van der Waals surface area contributed by atoms with Crippen LogP contribution in [0.3, 0.4) is 0 Å². The lowest BCUT2D eigenvalue weighted by Crippen LogP contribution is -2.50. The molecule has 0 spiro atoms. The standard InChI is InChI=1S/C20H23N5O3S/c1-13(2)23-8-10-24(11-9-23)19(27)17-15-16(22-29-17)18(26)25(20(28)21-15)12-14-6-4-3-5-7-14/h3-7,13H,8-12H2,1-2H3,(H,21,28). The number of benzene rings is 1.